The monoisotopic (exact) mass is 512 g/mol. The number of benzene rings is 2. The number of aromatic nitrogens is 8. The Morgan fingerprint density at radius 2 is 1.00 bits per heavy atom. The molecule has 2 aromatic carbocycles. The molecule has 2 aliphatic heterocycles. The van der Waals surface area contributed by atoms with Gasteiger partial charge >= 0.3 is 0 Å². The highest BCUT2D eigenvalue weighted by atomic mass is 16.2. The van der Waals surface area contributed by atoms with E-state index in [1.54, 1.807) is 36.4 Å². The van der Waals surface area contributed by atoms with Crippen molar-refractivity contribution in [2.45, 2.75) is 25.7 Å². The van der Waals surface area contributed by atoms with Crippen LogP contribution in [0.4, 0.5) is 0 Å². The number of fused-ring (bicyclic) bond motifs is 2. The maximum Gasteiger partial charge on any atom is 0.261 e. The van der Waals surface area contributed by atoms with Crippen molar-refractivity contribution in [1.82, 2.24) is 51.0 Å². The van der Waals surface area contributed by atoms with Gasteiger partial charge < -0.3 is 0 Å². The van der Waals surface area contributed by atoms with Gasteiger partial charge in [0.15, 0.2) is 11.6 Å². The van der Waals surface area contributed by atoms with Gasteiger partial charge in [0, 0.05) is 25.9 Å². The van der Waals surface area contributed by atoms with Crippen LogP contribution in [0.25, 0.3) is 11.1 Å². The number of carbonyl (C=O) groups excluding carboxylic acids is 4. The lowest BCUT2D eigenvalue weighted by molar-refractivity contribution is 0.0637. The van der Waals surface area contributed by atoms with E-state index in [1.165, 1.54) is 9.80 Å². The molecule has 2 aliphatic rings. The molecule has 190 valence electrons. The SMILES string of the molecule is O=C1c2ccc(-c3ccc4c(c3)C(=O)N(CCCc3nn[nH]n3)C4=O)cc2C(=O)N1CCCc1nn[nH]n1. The van der Waals surface area contributed by atoms with Gasteiger partial charge in [-0.3, -0.25) is 29.0 Å². The third-order valence-corrected chi connectivity index (χ3v) is 6.62. The molecule has 0 spiro atoms. The average molecular weight is 512 g/mol. The Balaban J connectivity index is 1.17. The minimum atomic E-state index is -0.375. The van der Waals surface area contributed by atoms with Crippen molar-refractivity contribution in [2.24, 2.45) is 0 Å². The lowest BCUT2D eigenvalue weighted by atomic mass is 9.97. The first kappa shape index (κ1) is 23.3. The molecule has 0 saturated heterocycles. The molecule has 0 aliphatic carbocycles. The van der Waals surface area contributed by atoms with E-state index in [0.29, 0.717) is 70.7 Å². The Morgan fingerprint density at radius 3 is 1.39 bits per heavy atom. The fourth-order valence-electron chi connectivity index (χ4n) is 4.71. The van der Waals surface area contributed by atoms with Crippen LogP contribution in [0.5, 0.6) is 0 Å². The maximum atomic E-state index is 13.0. The molecule has 0 fully saturated rings. The summed E-state index contributed by atoms with van der Waals surface area (Å²) >= 11 is 0. The number of hydrogen-bond donors (Lipinski definition) is 2. The van der Waals surface area contributed by atoms with Gasteiger partial charge in [-0.2, -0.15) is 10.4 Å². The molecule has 6 rings (SSSR count). The fraction of sp³-hybridized carbons (Fsp3) is 0.250. The van der Waals surface area contributed by atoms with Crippen LogP contribution in [0.2, 0.25) is 0 Å². The van der Waals surface area contributed by atoms with Crippen LogP contribution in [0, 0.1) is 0 Å². The van der Waals surface area contributed by atoms with Crippen LogP contribution >= 0.6 is 0 Å². The molecule has 0 unspecified atom stereocenters. The molecule has 14 heteroatoms. The molecule has 4 aromatic rings. The Hall–Kier alpha value is -5.14. The van der Waals surface area contributed by atoms with Gasteiger partial charge in [-0.15, -0.1) is 20.4 Å². The van der Waals surface area contributed by atoms with Gasteiger partial charge in [0.05, 0.1) is 22.3 Å². The van der Waals surface area contributed by atoms with Crippen molar-refractivity contribution in [3.63, 3.8) is 0 Å². The molecule has 0 saturated carbocycles. The topological polar surface area (TPSA) is 184 Å². The largest absolute Gasteiger partial charge is 0.274 e. The van der Waals surface area contributed by atoms with Crippen LogP contribution in [0.15, 0.2) is 36.4 Å². The summed E-state index contributed by atoms with van der Waals surface area (Å²) in [5, 5.41) is 27.2. The predicted octanol–water partition coefficient (Wildman–Crippen LogP) is 0.837. The van der Waals surface area contributed by atoms with Crippen LogP contribution in [0.3, 0.4) is 0 Å². The van der Waals surface area contributed by atoms with E-state index in [1.807, 2.05) is 0 Å². The van der Waals surface area contributed by atoms with E-state index in [0.717, 1.165) is 0 Å². The second kappa shape index (κ2) is 9.38. The average Bonchev–Trinajstić information content (AvgIpc) is 3.73. The Labute approximate surface area is 214 Å². The van der Waals surface area contributed by atoms with E-state index in [2.05, 4.69) is 41.2 Å². The number of aryl methyl sites for hydroxylation is 2. The number of imide groups is 2. The third-order valence-electron chi connectivity index (χ3n) is 6.62. The minimum absolute atomic E-state index is 0.230. The summed E-state index contributed by atoms with van der Waals surface area (Å²) in [7, 11) is 0. The molecule has 14 nitrogen and oxygen atoms in total. The highest BCUT2D eigenvalue weighted by Gasteiger charge is 2.37. The van der Waals surface area contributed by atoms with E-state index >= 15 is 0 Å². The Morgan fingerprint density at radius 1 is 0.579 bits per heavy atom. The van der Waals surface area contributed by atoms with Gasteiger partial charge in [-0.1, -0.05) is 22.6 Å². The van der Waals surface area contributed by atoms with Gasteiger partial charge in [0.2, 0.25) is 0 Å². The summed E-state index contributed by atoms with van der Waals surface area (Å²) in [4.78, 5) is 54.2. The summed E-state index contributed by atoms with van der Waals surface area (Å²) in [6.07, 6.45) is 1.96. The lowest BCUT2D eigenvalue weighted by Gasteiger charge is -2.12. The number of nitrogens with zero attached hydrogens (tertiary/aromatic N) is 8. The minimum Gasteiger partial charge on any atom is -0.274 e. The second-order valence-electron chi connectivity index (χ2n) is 8.91. The molecule has 4 amide bonds. The van der Waals surface area contributed by atoms with Crippen molar-refractivity contribution in [2.75, 3.05) is 13.1 Å². The number of rotatable bonds is 9. The smallest absolute Gasteiger partial charge is 0.261 e. The lowest BCUT2D eigenvalue weighted by Crippen LogP contribution is -2.31. The summed E-state index contributed by atoms with van der Waals surface area (Å²) in [5.74, 6) is -0.426. The first-order chi connectivity index (χ1) is 18.5. The normalized spacial score (nSPS) is 14.5. The zero-order chi connectivity index (χ0) is 26.2. The Kier molecular flexibility index (Phi) is 5.75. The highest BCUT2D eigenvalue weighted by molar-refractivity contribution is 6.23. The zero-order valence-corrected chi connectivity index (χ0v) is 19.9. The summed E-state index contributed by atoms with van der Waals surface area (Å²) in [5.41, 5.74) is 2.60. The fourth-order valence-corrected chi connectivity index (χ4v) is 4.71. The number of amides is 4. The van der Waals surface area contributed by atoms with E-state index in [9.17, 15) is 19.2 Å². The Bertz CT molecular complexity index is 1450. The number of tetrazole rings is 2. The molecule has 0 atom stereocenters. The molecular weight excluding hydrogens is 492 g/mol. The number of aromatic amines is 2. The molecular formula is C24H20N10O4. The first-order valence-electron chi connectivity index (χ1n) is 12.0. The zero-order valence-electron chi connectivity index (χ0n) is 19.9. The quantitative estimate of drug-likeness (QED) is 0.305. The summed E-state index contributed by atoms with van der Waals surface area (Å²) in [6, 6.07) is 10.0. The van der Waals surface area contributed by atoms with Crippen molar-refractivity contribution in [1.29, 1.82) is 0 Å². The molecule has 0 bridgehead atoms. The summed E-state index contributed by atoms with van der Waals surface area (Å²) in [6.45, 7) is 0.461. The second-order valence-corrected chi connectivity index (χ2v) is 8.91. The number of carbonyl (C=O) groups is 4. The van der Waals surface area contributed by atoms with E-state index in [-0.39, 0.29) is 36.7 Å². The number of hydrogen-bond acceptors (Lipinski definition) is 10. The van der Waals surface area contributed by atoms with Gasteiger partial charge in [-0.05, 0) is 48.2 Å². The molecule has 2 aromatic heterocycles. The molecule has 38 heavy (non-hydrogen) atoms. The first-order valence-corrected chi connectivity index (χ1v) is 12.0. The van der Waals surface area contributed by atoms with Crippen LogP contribution < -0.4 is 0 Å². The third kappa shape index (κ3) is 4.01. The van der Waals surface area contributed by atoms with Crippen molar-refractivity contribution < 1.29 is 19.2 Å². The molecule has 0 radical (unpaired) electrons. The predicted molar refractivity (Wildman–Crippen MR) is 128 cm³/mol. The van der Waals surface area contributed by atoms with Crippen LogP contribution in [0.1, 0.15) is 65.9 Å². The maximum absolute atomic E-state index is 13.0. The van der Waals surface area contributed by atoms with Crippen molar-refractivity contribution >= 4 is 23.6 Å². The van der Waals surface area contributed by atoms with Gasteiger partial charge in [-0.25, -0.2) is 0 Å². The van der Waals surface area contributed by atoms with Crippen molar-refractivity contribution in [3.8, 4) is 11.1 Å². The molecule has 2 N–H and O–H groups in total. The van der Waals surface area contributed by atoms with E-state index < -0.39 is 0 Å². The standard InChI is InChI=1S/C24H20N10O4/c35-21-15-7-5-13(11-17(15)23(37)33(21)9-1-3-19-25-29-30-26-19)14-6-8-16-18(12-14)24(38)34(22(16)36)10-2-4-20-27-31-32-28-20/h5-8,11-12H,1-4,9-10H2,(H,25,26,29,30)(H,27,28,31,32). The van der Waals surface area contributed by atoms with Crippen molar-refractivity contribution in [3.05, 3.63) is 70.3 Å². The number of nitrogens with one attached hydrogen (secondary N) is 2. The highest BCUT2D eigenvalue weighted by Crippen LogP contribution is 2.32. The number of H-pyrrole nitrogens is 2. The van der Waals surface area contributed by atoms with Gasteiger partial charge in [0.25, 0.3) is 23.6 Å². The van der Waals surface area contributed by atoms with Crippen LogP contribution in [-0.4, -0.2) is 87.8 Å². The van der Waals surface area contributed by atoms with Crippen LogP contribution in [-0.2, 0) is 12.8 Å². The summed E-state index contributed by atoms with van der Waals surface area (Å²) < 4.78 is 0. The van der Waals surface area contributed by atoms with E-state index in [4.69, 9.17) is 0 Å². The van der Waals surface area contributed by atoms with Gasteiger partial charge in [0.1, 0.15) is 0 Å². The molecule has 4 heterocycles.